The van der Waals surface area contributed by atoms with Gasteiger partial charge in [-0.25, -0.2) is 4.98 Å². The third kappa shape index (κ3) is 3.63. The summed E-state index contributed by atoms with van der Waals surface area (Å²) in [5.74, 6) is 1.76. The van der Waals surface area contributed by atoms with Crippen molar-refractivity contribution in [1.29, 1.82) is 0 Å². The molecule has 1 rings (SSSR count). The summed E-state index contributed by atoms with van der Waals surface area (Å²) in [6.07, 6.45) is 3.58. The highest BCUT2D eigenvalue weighted by Crippen LogP contribution is 2.15. The lowest BCUT2D eigenvalue weighted by atomic mass is 10.5. The van der Waals surface area contributed by atoms with Crippen molar-refractivity contribution in [2.75, 3.05) is 12.4 Å². The summed E-state index contributed by atoms with van der Waals surface area (Å²) >= 11 is 1.87. The van der Waals surface area contributed by atoms with Crippen molar-refractivity contribution in [3.63, 3.8) is 0 Å². The molecule has 1 N–H and O–H groups in total. The van der Waals surface area contributed by atoms with Crippen molar-refractivity contribution in [3.05, 3.63) is 18.1 Å². The van der Waals surface area contributed by atoms with Gasteiger partial charge in [0, 0.05) is 12.8 Å². The molecule has 0 fully saturated rings. The molecule has 0 radical (unpaired) electrons. The van der Waals surface area contributed by atoms with Gasteiger partial charge in [0.05, 0.1) is 18.1 Å². The molecular weight excluding hydrogens is 182 g/mol. The van der Waals surface area contributed by atoms with Gasteiger partial charge in [-0.1, -0.05) is 13.8 Å². The number of hydrogen-bond donors (Lipinski definition) is 1. The van der Waals surface area contributed by atoms with Crippen molar-refractivity contribution < 1.29 is 0 Å². The largest absolute Gasteiger partial charge is 0.372 e. The Morgan fingerprint density at radius 1 is 1.38 bits per heavy atom. The molecule has 0 saturated carbocycles. The maximum atomic E-state index is 4.28. The van der Waals surface area contributed by atoms with E-state index >= 15 is 0 Å². The van der Waals surface area contributed by atoms with Crippen LogP contribution < -0.4 is 5.32 Å². The lowest BCUT2D eigenvalue weighted by Gasteiger charge is -2.04. The van der Waals surface area contributed by atoms with Crippen molar-refractivity contribution in [2.24, 2.45) is 0 Å². The first kappa shape index (κ1) is 10.3. The highest BCUT2D eigenvalue weighted by atomic mass is 32.2. The number of anilines is 1. The summed E-state index contributed by atoms with van der Waals surface area (Å²) < 4.78 is 0. The van der Waals surface area contributed by atoms with Crippen LogP contribution in [-0.2, 0) is 5.75 Å². The molecule has 0 spiro atoms. The first-order chi connectivity index (χ1) is 6.22. The molecule has 3 nitrogen and oxygen atoms in total. The van der Waals surface area contributed by atoms with Gasteiger partial charge in [-0.2, -0.15) is 11.8 Å². The molecular formula is C9H15N3S. The molecule has 1 aromatic rings. The Kier molecular flexibility index (Phi) is 4.02. The summed E-state index contributed by atoms with van der Waals surface area (Å²) in [6.45, 7) is 4.36. The smallest absolute Gasteiger partial charge is 0.144 e. The summed E-state index contributed by atoms with van der Waals surface area (Å²) in [7, 11) is 1.84. The number of aromatic nitrogens is 2. The zero-order chi connectivity index (χ0) is 9.68. The topological polar surface area (TPSA) is 37.8 Å². The Hall–Kier alpha value is -0.770. The van der Waals surface area contributed by atoms with Crippen LogP contribution in [0.25, 0.3) is 0 Å². The van der Waals surface area contributed by atoms with Crippen LogP contribution in [0.3, 0.4) is 0 Å². The SMILES string of the molecule is CNc1cnc(CSC(C)C)cn1. The van der Waals surface area contributed by atoms with E-state index in [9.17, 15) is 0 Å². The zero-order valence-corrected chi connectivity index (χ0v) is 9.06. The van der Waals surface area contributed by atoms with E-state index in [0.717, 1.165) is 17.3 Å². The summed E-state index contributed by atoms with van der Waals surface area (Å²) in [6, 6.07) is 0. The third-order valence-electron chi connectivity index (χ3n) is 1.53. The van der Waals surface area contributed by atoms with Crippen LogP contribution >= 0.6 is 11.8 Å². The van der Waals surface area contributed by atoms with Crippen LogP contribution in [0.1, 0.15) is 19.5 Å². The Balaban J connectivity index is 2.49. The summed E-state index contributed by atoms with van der Waals surface area (Å²) in [5.41, 5.74) is 1.04. The average Bonchev–Trinajstić information content (AvgIpc) is 2.15. The third-order valence-corrected chi connectivity index (χ3v) is 2.66. The second-order valence-corrected chi connectivity index (χ2v) is 4.57. The molecule has 0 aromatic carbocycles. The molecule has 0 aliphatic heterocycles. The second-order valence-electron chi connectivity index (χ2n) is 3.00. The molecule has 0 atom stereocenters. The second kappa shape index (κ2) is 5.07. The van der Waals surface area contributed by atoms with Gasteiger partial charge >= 0.3 is 0 Å². The molecule has 4 heteroatoms. The number of nitrogens with zero attached hydrogens (tertiary/aromatic N) is 2. The maximum Gasteiger partial charge on any atom is 0.144 e. The average molecular weight is 197 g/mol. The maximum absolute atomic E-state index is 4.28. The number of hydrogen-bond acceptors (Lipinski definition) is 4. The fraction of sp³-hybridized carbons (Fsp3) is 0.556. The Labute approximate surface area is 83.4 Å². The van der Waals surface area contributed by atoms with Gasteiger partial charge in [-0.15, -0.1) is 0 Å². The lowest BCUT2D eigenvalue weighted by molar-refractivity contribution is 1.07. The van der Waals surface area contributed by atoms with Crippen LogP contribution in [0.4, 0.5) is 5.82 Å². The molecule has 1 heterocycles. The summed E-state index contributed by atoms with van der Waals surface area (Å²) in [5, 5.41) is 3.58. The molecule has 0 bridgehead atoms. The summed E-state index contributed by atoms with van der Waals surface area (Å²) in [4.78, 5) is 8.46. The van der Waals surface area contributed by atoms with E-state index in [2.05, 4.69) is 29.1 Å². The number of nitrogens with one attached hydrogen (secondary N) is 1. The van der Waals surface area contributed by atoms with Crippen molar-refractivity contribution >= 4 is 17.6 Å². The van der Waals surface area contributed by atoms with Crippen LogP contribution in [-0.4, -0.2) is 22.3 Å². The normalized spacial score (nSPS) is 10.5. The molecule has 0 aliphatic rings. The highest BCUT2D eigenvalue weighted by Gasteiger charge is 1.98. The van der Waals surface area contributed by atoms with Gasteiger partial charge in [0.15, 0.2) is 0 Å². The first-order valence-electron chi connectivity index (χ1n) is 4.32. The fourth-order valence-electron chi connectivity index (χ4n) is 0.810. The zero-order valence-electron chi connectivity index (χ0n) is 8.24. The van der Waals surface area contributed by atoms with E-state index in [1.165, 1.54) is 0 Å². The van der Waals surface area contributed by atoms with Crippen LogP contribution in [0, 0.1) is 0 Å². The molecule has 1 aromatic heterocycles. The standard InChI is InChI=1S/C9H15N3S/c1-7(2)13-6-8-4-12-9(10-3)5-11-8/h4-5,7H,6H2,1-3H3,(H,10,12). The van der Waals surface area contributed by atoms with E-state index in [1.54, 1.807) is 6.20 Å². The van der Waals surface area contributed by atoms with E-state index in [1.807, 2.05) is 25.0 Å². The first-order valence-corrected chi connectivity index (χ1v) is 5.37. The predicted octanol–water partition coefficient (Wildman–Crippen LogP) is 2.16. The quantitative estimate of drug-likeness (QED) is 0.802. The van der Waals surface area contributed by atoms with Crippen molar-refractivity contribution in [2.45, 2.75) is 24.9 Å². The van der Waals surface area contributed by atoms with E-state index < -0.39 is 0 Å². The number of thioether (sulfide) groups is 1. The Morgan fingerprint density at radius 3 is 2.62 bits per heavy atom. The predicted molar refractivity (Wildman–Crippen MR) is 58.0 cm³/mol. The number of rotatable bonds is 4. The molecule has 0 unspecified atom stereocenters. The highest BCUT2D eigenvalue weighted by molar-refractivity contribution is 7.99. The minimum atomic E-state index is 0.644. The van der Waals surface area contributed by atoms with Gasteiger partial charge in [0.25, 0.3) is 0 Å². The molecule has 72 valence electrons. The van der Waals surface area contributed by atoms with Gasteiger partial charge in [0.1, 0.15) is 5.82 Å². The molecule has 0 amide bonds. The van der Waals surface area contributed by atoms with Gasteiger partial charge in [-0.05, 0) is 5.25 Å². The minimum Gasteiger partial charge on any atom is -0.372 e. The van der Waals surface area contributed by atoms with Crippen LogP contribution in [0.15, 0.2) is 12.4 Å². The monoisotopic (exact) mass is 197 g/mol. The van der Waals surface area contributed by atoms with Gasteiger partial charge in [-0.3, -0.25) is 4.98 Å². The Morgan fingerprint density at radius 2 is 2.15 bits per heavy atom. The molecule has 0 saturated heterocycles. The van der Waals surface area contributed by atoms with E-state index in [-0.39, 0.29) is 0 Å². The lowest BCUT2D eigenvalue weighted by Crippen LogP contribution is -1.96. The molecule has 0 aliphatic carbocycles. The Bertz CT molecular complexity index is 246. The van der Waals surface area contributed by atoms with Gasteiger partial charge in [0.2, 0.25) is 0 Å². The van der Waals surface area contributed by atoms with Crippen LogP contribution in [0.2, 0.25) is 0 Å². The van der Waals surface area contributed by atoms with Crippen molar-refractivity contribution in [1.82, 2.24) is 9.97 Å². The molecule has 13 heavy (non-hydrogen) atoms. The fourth-order valence-corrected chi connectivity index (χ4v) is 1.46. The van der Waals surface area contributed by atoms with Crippen LogP contribution in [0.5, 0.6) is 0 Å². The van der Waals surface area contributed by atoms with Gasteiger partial charge < -0.3 is 5.32 Å². The van der Waals surface area contributed by atoms with Crippen molar-refractivity contribution in [3.8, 4) is 0 Å². The van der Waals surface area contributed by atoms with E-state index in [0.29, 0.717) is 5.25 Å². The van der Waals surface area contributed by atoms with E-state index in [4.69, 9.17) is 0 Å². The minimum absolute atomic E-state index is 0.644.